The van der Waals surface area contributed by atoms with E-state index in [4.69, 9.17) is 5.84 Å². The summed E-state index contributed by atoms with van der Waals surface area (Å²) in [5.74, 6) is 5.56. The summed E-state index contributed by atoms with van der Waals surface area (Å²) < 4.78 is 61.0. The van der Waals surface area contributed by atoms with Gasteiger partial charge in [-0.1, -0.05) is 12.1 Å². The Balaban J connectivity index is 2.15. The molecule has 0 aliphatic carbocycles. The molecule has 1 aromatic carbocycles. The van der Waals surface area contributed by atoms with E-state index in [1.54, 1.807) is 6.07 Å². The highest BCUT2D eigenvalue weighted by Gasteiger charge is 2.32. The number of sulfone groups is 1. The van der Waals surface area contributed by atoms with Crippen molar-refractivity contribution in [2.75, 3.05) is 11.5 Å². The second-order valence-corrected chi connectivity index (χ2v) is 7.58. The molecule has 0 radical (unpaired) electrons. The van der Waals surface area contributed by atoms with Crippen molar-refractivity contribution >= 4 is 9.84 Å². The average molecular weight is 322 g/mol. The van der Waals surface area contributed by atoms with Gasteiger partial charge in [-0.05, 0) is 36.5 Å². The largest absolute Gasteiger partial charge is 0.416 e. The Morgan fingerprint density at radius 3 is 2.62 bits per heavy atom. The lowest BCUT2D eigenvalue weighted by atomic mass is 9.94. The van der Waals surface area contributed by atoms with Crippen molar-refractivity contribution < 1.29 is 21.6 Å². The van der Waals surface area contributed by atoms with Gasteiger partial charge >= 0.3 is 6.18 Å². The van der Waals surface area contributed by atoms with Crippen molar-refractivity contribution in [1.29, 1.82) is 0 Å². The molecule has 1 fully saturated rings. The van der Waals surface area contributed by atoms with Crippen molar-refractivity contribution in [3.63, 3.8) is 0 Å². The van der Waals surface area contributed by atoms with Crippen LogP contribution in [0.2, 0.25) is 0 Å². The number of benzene rings is 1. The number of nitrogens with one attached hydrogen (secondary N) is 1. The molecular weight excluding hydrogens is 305 g/mol. The molecule has 4 nitrogen and oxygen atoms in total. The monoisotopic (exact) mass is 322 g/mol. The molecule has 0 bridgehead atoms. The first kappa shape index (κ1) is 16.3. The lowest BCUT2D eigenvalue weighted by molar-refractivity contribution is -0.137. The third-order valence-electron chi connectivity index (χ3n) is 3.71. The van der Waals surface area contributed by atoms with Crippen LogP contribution in [0.5, 0.6) is 0 Å². The number of halogens is 3. The Hall–Kier alpha value is -1.12. The Bertz CT molecular complexity index is 602. The van der Waals surface area contributed by atoms with Gasteiger partial charge in [0.15, 0.2) is 9.84 Å². The first-order chi connectivity index (χ1) is 9.71. The van der Waals surface area contributed by atoms with Crippen LogP contribution in [0.25, 0.3) is 0 Å². The molecule has 118 valence electrons. The van der Waals surface area contributed by atoms with E-state index in [-0.39, 0.29) is 17.4 Å². The molecule has 2 atom stereocenters. The molecule has 1 heterocycles. The van der Waals surface area contributed by atoms with Gasteiger partial charge in [0, 0.05) is 6.04 Å². The smallest absolute Gasteiger partial charge is 0.271 e. The van der Waals surface area contributed by atoms with E-state index < -0.39 is 27.6 Å². The summed E-state index contributed by atoms with van der Waals surface area (Å²) in [6.07, 6.45) is -3.48. The molecule has 0 amide bonds. The van der Waals surface area contributed by atoms with Crippen LogP contribution in [0.3, 0.4) is 0 Å². The van der Waals surface area contributed by atoms with Crippen LogP contribution in [0.15, 0.2) is 24.3 Å². The maximum absolute atomic E-state index is 12.7. The average Bonchev–Trinajstić information content (AvgIpc) is 2.74. The quantitative estimate of drug-likeness (QED) is 0.657. The maximum atomic E-state index is 12.7. The van der Waals surface area contributed by atoms with E-state index in [0.717, 1.165) is 12.1 Å². The van der Waals surface area contributed by atoms with Crippen LogP contribution in [-0.4, -0.2) is 19.9 Å². The zero-order chi connectivity index (χ0) is 15.7. The summed E-state index contributed by atoms with van der Waals surface area (Å²) in [5.41, 5.74) is 2.17. The number of hydrogen-bond acceptors (Lipinski definition) is 4. The van der Waals surface area contributed by atoms with Gasteiger partial charge in [-0.25, -0.2) is 8.42 Å². The van der Waals surface area contributed by atoms with Gasteiger partial charge in [0.1, 0.15) is 0 Å². The molecule has 8 heteroatoms. The zero-order valence-electron chi connectivity index (χ0n) is 11.2. The highest BCUT2D eigenvalue weighted by Crippen LogP contribution is 2.33. The van der Waals surface area contributed by atoms with Crippen LogP contribution in [0.4, 0.5) is 13.2 Å². The summed E-state index contributed by atoms with van der Waals surface area (Å²) >= 11 is 0. The number of hydrogen-bond donors (Lipinski definition) is 2. The topological polar surface area (TPSA) is 72.2 Å². The van der Waals surface area contributed by atoms with E-state index in [1.807, 2.05) is 0 Å². The molecule has 0 spiro atoms. The summed E-state index contributed by atoms with van der Waals surface area (Å²) in [5, 5.41) is 0. The minimum absolute atomic E-state index is 0.0736. The first-order valence-electron chi connectivity index (χ1n) is 6.55. The number of alkyl halides is 3. The Kier molecular flexibility index (Phi) is 4.60. The Labute approximate surface area is 121 Å². The maximum Gasteiger partial charge on any atom is 0.416 e. The van der Waals surface area contributed by atoms with Crippen LogP contribution >= 0.6 is 0 Å². The van der Waals surface area contributed by atoms with Gasteiger partial charge in [-0.2, -0.15) is 13.2 Å². The van der Waals surface area contributed by atoms with Gasteiger partial charge < -0.3 is 0 Å². The normalized spacial score (nSPS) is 23.1. The van der Waals surface area contributed by atoms with Gasteiger partial charge in [0.05, 0.1) is 17.1 Å². The van der Waals surface area contributed by atoms with Crippen LogP contribution in [0, 0.1) is 5.92 Å². The molecule has 0 saturated carbocycles. The Morgan fingerprint density at radius 2 is 2.10 bits per heavy atom. The minimum Gasteiger partial charge on any atom is -0.271 e. The Morgan fingerprint density at radius 1 is 1.38 bits per heavy atom. The van der Waals surface area contributed by atoms with E-state index in [2.05, 4.69) is 5.43 Å². The van der Waals surface area contributed by atoms with Gasteiger partial charge in [0.25, 0.3) is 0 Å². The van der Waals surface area contributed by atoms with E-state index in [0.29, 0.717) is 18.4 Å². The van der Waals surface area contributed by atoms with Crippen molar-refractivity contribution in [3.8, 4) is 0 Å². The molecular formula is C13H17F3N2O2S. The second kappa shape index (κ2) is 5.94. The summed E-state index contributed by atoms with van der Waals surface area (Å²) in [4.78, 5) is 0. The lowest BCUT2D eigenvalue weighted by Crippen LogP contribution is -2.30. The van der Waals surface area contributed by atoms with Crippen molar-refractivity contribution in [2.45, 2.75) is 25.1 Å². The second-order valence-electron chi connectivity index (χ2n) is 5.35. The molecule has 1 aromatic rings. The van der Waals surface area contributed by atoms with Crippen LogP contribution in [0.1, 0.15) is 30.0 Å². The van der Waals surface area contributed by atoms with Crippen molar-refractivity contribution in [1.82, 2.24) is 5.43 Å². The highest BCUT2D eigenvalue weighted by molar-refractivity contribution is 7.91. The molecule has 2 unspecified atom stereocenters. The highest BCUT2D eigenvalue weighted by atomic mass is 32.2. The molecule has 2 rings (SSSR count). The lowest BCUT2D eigenvalue weighted by Gasteiger charge is -2.20. The predicted molar refractivity (Wildman–Crippen MR) is 72.9 cm³/mol. The molecule has 1 aliphatic heterocycles. The van der Waals surface area contributed by atoms with Crippen LogP contribution in [-0.2, 0) is 16.0 Å². The van der Waals surface area contributed by atoms with E-state index >= 15 is 0 Å². The number of hydrazine groups is 1. The van der Waals surface area contributed by atoms with Gasteiger partial charge in [-0.3, -0.25) is 11.3 Å². The molecule has 1 aliphatic rings. The SMILES string of the molecule is NNC(CC1CCS(=O)(=O)C1)c1cccc(C(F)(F)F)c1. The van der Waals surface area contributed by atoms with Gasteiger partial charge in [-0.15, -0.1) is 0 Å². The third-order valence-corrected chi connectivity index (χ3v) is 5.55. The summed E-state index contributed by atoms with van der Waals surface area (Å²) in [6, 6.07) is 4.44. The standard InChI is InChI=1S/C13H17F3N2O2S/c14-13(15,16)11-3-1-2-10(7-11)12(18-17)6-9-4-5-21(19,20)8-9/h1-3,7,9,12,18H,4-6,8,17H2. The fraction of sp³-hybridized carbons (Fsp3) is 0.538. The summed E-state index contributed by atoms with van der Waals surface area (Å²) in [7, 11) is -3.01. The summed E-state index contributed by atoms with van der Waals surface area (Å²) in [6.45, 7) is 0. The minimum atomic E-state index is -4.41. The van der Waals surface area contributed by atoms with E-state index in [9.17, 15) is 21.6 Å². The van der Waals surface area contributed by atoms with Crippen molar-refractivity contribution in [2.24, 2.45) is 11.8 Å². The van der Waals surface area contributed by atoms with Gasteiger partial charge in [0.2, 0.25) is 0 Å². The zero-order valence-corrected chi connectivity index (χ0v) is 12.0. The molecule has 21 heavy (non-hydrogen) atoms. The first-order valence-corrected chi connectivity index (χ1v) is 8.37. The fourth-order valence-corrected chi connectivity index (χ4v) is 4.50. The third kappa shape index (κ3) is 4.18. The molecule has 3 N–H and O–H groups in total. The number of rotatable bonds is 4. The van der Waals surface area contributed by atoms with E-state index in [1.165, 1.54) is 6.07 Å². The molecule has 1 saturated heterocycles. The predicted octanol–water partition coefficient (Wildman–Crippen LogP) is 2.03. The molecule has 0 aromatic heterocycles. The van der Waals surface area contributed by atoms with Crippen molar-refractivity contribution in [3.05, 3.63) is 35.4 Å². The number of nitrogens with two attached hydrogens (primary N) is 1. The van der Waals surface area contributed by atoms with Crippen LogP contribution < -0.4 is 11.3 Å². The fourth-order valence-electron chi connectivity index (χ4n) is 2.62.